The zero-order valence-electron chi connectivity index (χ0n) is 4.78. The third kappa shape index (κ3) is 4.97. The topological polar surface area (TPSA) is 0 Å². The van der Waals surface area contributed by atoms with Gasteiger partial charge in [0.2, 0.25) is 0 Å². The summed E-state index contributed by atoms with van der Waals surface area (Å²) in [4.78, 5) is 1.38. The summed E-state index contributed by atoms with van der Waals surface area (Å²) < 4.78 is 0. The summed E-state index contributed by atoms with van der Waals surface area (Å²) in [5.41, 5.74) is 0. The fraction of sp³-hybridized carbons (Fsp3) is 1.00. The molecule has 6 heavy (non-hydrogen) atoms. The van der Waals surface area contributed by atoms with Crippen LogP contribution in [0.25, 0.3) is 0 Å². The molecule has 0 aliphatic rings. The quantitative estimate of drug-likeness (QED) is 0.409. The Bertz CT molecular complexity index is 37.3. The third-order valence-corrected chi connectivity index (χ3v) is 9.55. The van der Waals surface area contributed by atoms with Crippen molar-refractivity contribution in [3.8, 4) is 0 Å². The second kappa shape index (κ2) is 2.32. The normalized spacial score (nSPS) is 12.0. The molecule has 0 aromatic rings. The molecule has 0 aromatic heterocycles. The number of hydrogen-bond donors (Lipinski definition) is 0. The molecule has 1 unspecified atom stereocenters. The van der Waals surface area contributed by atoms with Gasteiger partial charge in [-0.15, -0.1) is 0 Å². The number of rotatable bonds is 1. The molecule has 0 fully saturated rings. The average Bonchev–Trinajstić information content (AvgIpc) is 1.35. The van der Waals surface area contributed by atoms with Crippen LogP contribution in [-0.4, -0.2) is 18.3 Å². The second-order valence-electron chi connectivity index (χ2n) is 2.76. The minimum atomic E-state index is -1.08. The molecule has 0 radical (unpaired) electrons. The second-order valence-corrected chi connectivity index (χ2v) is 16.5. The van der Waals surface area contributed by atoms with Gasteiger partial charge in [-0.05, 0) is 0 Å². The van der Waals surface area contributed by atoms with Gasteiger partial charge in [-0.1, -0.05) is 0 Å². The first-order valence-electron chi connectivity index (χ1n) is 2.26. The maximum absolute atomic E-state index is 2.81. The van der Waals surface area contributed by atoms with E-state index in [1.54, 1.807) is 0 Å². The molecule has 0 saturated heterocycles. The Morgan fingerprint density at radius 3 is 1.50 bits per heavy atom. The molecule has 0 rings (SSSR count). The van der Waals surface area contributed by atoms with Crippen molar-refractivity contribution in [1.29, 1.82) is 0 Å². The Labute approximate surface area is 45.3 Å². The van der Waals surface area contributed by atoms with Gasteiger partial charge in [0.05, 0.1) is 0 Å². The summed E-state index contributed by atoms with van der Waals surface area (Å²) in [6.07, 6.45) is 0. The van der Waals surface area contributed by atoms with Crippen molar-refractivity contribution in [3.63, 3.8) is 0 Å². The first kappa shape index (κ1) is 6.97. The van der Waals surface area contributed by atoms with Crippen molar-refractivity contribution in [1.82, 2.24) is 0 Å². The standard InChI is InChI=1S/C4H13GeP/c1-5(2,3)4-6/h4,6H2,1-3H3. The summed E-state index contributed by atoms with van der Waals surface area (Å²) in [6, 6.07) is 0. The van der Waals surface area contributed by atoms with Crippen LogP contribution in [0.2, 0.25) is 17.3 Å². The average molecular weight is 165 g/mol. The SMILES string of the molecule is [CH3][Ge]([CH3])([CH3])[CH2]P. The molecular weight excluding hydrogens is 152 g/mol. The van der Waals surface area contributed by atoms with E-state index >= 15 is 0 Å². The zero-order valence-corrected chi connectivity index (χ0v) is 8.04. The van der Waals surface area contributed by atoms with E-state index < -0.39 is 13.3 Å². The zero-order chi connectivity index (χ0) is 5.21. The van der Waals surface area contributed by atoms with Crippen LogP contribution >= 0.6 is 9.24 Å². The predicted octanol–water partition coefficient (Wildman–Crippen LogP) is 1.74. The molecular formula is C4H13GeP. The summed E-state index contributed by atoms with van der Waals surface area (Å²) in [6.45, 7) is 0. The van der Waals surface area contributed by atoms with Crippen molar-refractivity contribution in [2.24, 2.45) is 0 Å². The molecule has 0 heterocycles. The fourth-order valence-electron chi connectivity index (χ4n) is 0. The van der Waals surface area contributed by atoms with Crippen LogP contribution in [0.15, 0.2) is 0 Å². The molecule has 1 atom stereocenters. The third-order valence-electron chi connectivity index (χ3n) is 0.612. The van der Waals surface area contributed by atoms with E-state index in [-0.39, 0.29) is 0 Å². The molecule has 0 aromatic carbocycles. The maximum atomic E-state index is 2.81. The fourth-order valence-corrected chi connectivity index (χ4v) is 0. The van der Waals surface area contributed by atoms with Crippen molar-refractivity contribution in [2.45, 2.75) is 17.3 Å². The summed E-state index contributed by atoms with van der Waals surface area (Å²) in [7, 11) is 2.81. The van der Waals surface area contributed by atoms with Gasteiger partial charge in [-0.25, -0.2) is 0 Å². The van der Waals surface area contributed by atoms with Crippen LogP contribution in [0, 0.1) is 0 Å². The molecule has 0 bridgehead atoms. The molecule has 2 heteroatoms. The van der Waals surface area contributed by atoms with Crippen molar-refractivity contribution < 1.29 is 0 Å². The van der Waals surface area contributed by atoms with E-state index in [9.17, 15) is 0 Å². The molecule has 0 saturated carbocycles. The summed E-state index contributed by atoms with van der Waals surface area (Å²) >= 11 is -1.08. The van der Waals surface area contributed by atoms with Crippen LogP contribution in [0.1, 0.15) is 0 Å². The summed E-state index contributed by atoms with van der Waals surface area (Å²) in [5.74, 6) is 7.23. The molecule has 0 amide bonds. The molecule has 38 valence electrons. The van der Waals surface area contributed by atoms with E-state index in [4.69, 9.17) is 0 Å². The molecule has 0 aliphatic heterocycles. The molecule has 0 nitrogen and oxygen atoms in total. The molecule has 0 spiro atoms. The Balaban J connectivity index is 3.17. The molecule has 0 N–H and O–H groups in total. The first-order chi connectivity index (χ1) is 2.56. The van der Waals surface area contributed by atoms with Gasteiger partial charge >= 0.3 is 44.8 Å². The van der Waals surface area contributed by atoms with Gasteiger partial charge in [0.1, 0.15) is 0 Å². The van der Waals surface area contributed by atoms with Gasteiger partial charge in [0.25, 0.3) is 0 Å². The Kier molecular flexibility index (Phi) is 2.70. The van der Waals surface area contributed by atoms with Gasteiger partial charge in [0, 0.05) is 0 Å². The first-order valence-corrected chi connectivity index (χ1v) is 10.9. The van der Waals surface area contributed by atoms with Crippen LogP contribution in [0.5, 0.6) is 0 Å². The van der Waals surface area contributed by atoms with Crippen molar-refractivity contribution in [3.05, 3.63) is 0 Å². The van der Waals surface area contributed by atoms with Crippen LogP contribution < -0.4 is 0 Å². The van der Waals surface area contributed by atoms with Crippen LogP contribution in [0.3, 0.4) is 0 Å². The Morgan fingerprint density at radius 1 is 1.33 bits per heavy atom. The van der Waals surface area contributed by atoms with E-state index in [1.807, 2.05) is 0 Å². The number of hydrogen-bond acceptors (Lipinski definition) is 0. The van der Waals surface area contributed by atoms with E-state index in [0.717, 1.165) is 0 Å². The van der Waals surface area contributed by atoms with Crippen molar-refractivity contribution >= 4 is 22.5 Å². The van der Waals surface area contributed by atoms with Crippen LogP contribution in [0.4, 0.5) is 0 Å². The van der Waals surface area contributed by atoms with E-state index in [0.29, 0.717) is 0 Å². The van der Waals surface area contributed by atoms with Gasteiger partial charge in [-0.2, -0.15) is 0 Å². The van der Waals surface area contributed by atoms with E-state index in [1.165, 1.54) is 4.99 Å². The predicted molar refractivity (Wildman–Crippen MR) is 37.9 cm³/mol. The van der Waals surface area contributed by atoms with Gasteiger partial charge in [-0.3, -0.25) is 0 Å². The minimum absolute atomic E-state index is 1.08. The van der Waals surface area contributed by atoms with E-state index in [2.05, 4.69) is 26.5 Å². The van der Waals surface area contributed by atoms with Gasteiger partial charge < -0.3 is 0 Å². The van der Waals surface area contributed by atoms with Gasteiger partial charge in [0.15, 0.2) is 0 Å². The van der Waals surface area contributed by atoms with Crippen LogP contribution in [-0.2, 0) is 0 Å². The van der Waals surface area contributed by atoms with Crippen molar-refractivity contribution in [2.75, 3.05) is 4.99 Å². The Morgan fingerprint density at radius 2 is 1.50 bits per heavy atom. The molecule has 0 aliphatic carbocycles. The Hall–Kier alpha value is 0.973. The summed E-state index contributed by atoms with van der Waals surface area (Å²) in [5, 5.41) is 0. The monoisotopic (exact) mass is 166 g/mol.